The van der Waals surface area contributed by atoms with Crippen molar-refractivity contribution in [3.05, 3.63) is 39.0 Å². The van der Waals surface area contributed by atoms with Crippen molar-refractivity contribution in [2.24, 2.45) is 18.0 Å². The SMILES string of the molecule is CCOC(=O)c1c(NC(=O)CSCC(=O)N=c2sc3cc(OCC)ccc3n2C)sc2c1CCC(C)C2. The molecule has 2 amide bonds. The molecule has 0 saturated heterocycles. The van der Waals surface area contributed by atoms with Crippen LogP contribution in [0, 0.1) is 5.92 Å². The van der Waals surface area contributed by atoms with Gasteiger partial charge in [-0.15, -0.1) is 23.1 Å². The van der Waals surface area contributed by atoms with Gasteiger partial charge in [0.15, 0.2) is 4.80 Å². The second-order valence-electron chi connectivity index (χ2n) is 8.83. The summed E-state index contributed by atoms with van der Waals surface area (Å²) in [7, 11) is 1.87. The molecule has 0 spiro atoms. The van der Waals surface area contributed by atoms with E-state index in [0.717, 1.165) is 45.7 Å². The molecule has 8 nitrogen and oxygen atoms in total. The fourth-order valence-corrected chi connectivity index (χ4v) is 7.35. The summed E-state index contributed by atoms with van der Waals surface area (Å²) in [5.74, 6) is 0.529. The molecule has 1 unspecified atom stereocenters. The number of carbonyl (C=O) groups excluding carboxylic acids is 3. The zero-order chi connectivity index (χ0) is 26.5. The fraction of sp³-hybridized carbons (Fsp3) is 0.462. The number of ether oxygens (including phenoxy) is 2. The van der Waals surface area contributed by atoms with E-state index in [-0.39, 0.29) is 29.9 Å². The maximum atomic E-state index is 12.7. The highest BCUT2D eigenvalue weighted by atomic mass is 32.2. The Kier molecular flexibility index (Phi) is 9.09. The van der Waals surface area contributed by atoms with Crippen molar-refractivity contribution >= 4 is 67.4 Å². The van der Waals surface area contributed by atoms with Crippen molar-refractivity contribution in [2.75, 3.05) is 30.0 Å². The number of thioether (sulfide) groups is 1. The molecule has 0 saturated carbocycles. The molecule has 198 valence electrons. The molecule has 1 aromatic carbocycles. The second kappa shape index (κ2) is 12.3. The maximum Gasteiger partial charge on any atom is 0.341 e. The molecule has 1 aliphatic rings. The number of thiophene rings is 1. The molecule has 4 rings (SSSR count). The standard InChI is InChI=1S/C26H31N3O5S3/c1-5-33-16-8-10-18-20(12-16)37-26(29(18)4)28-22(31)14-35-13-21(30)27-24-23(25(32)34-6-2)17-9-7-15(3)11-19(17)36-24/h8,10,12,15H,5-7,9,11,13-14H2,1-4H3,(H,27,30). The third kappa shape index (κ3) is 6.45. The van der Waals surface area contributed by atoms with Crippen LogP contribution in [0.4, 0.5) is 5.00 Å². The summed E-state index contributed by atoms with van der Waals surface area (Å²) in [5, 5.41) is 3.43. The molecule has 0 fully saturated rings. The summed E-state index contributed by atoms with van der Waals surface area (Å²) in [6.07, 6.45) is 2.72. The van der Waals surface area contributed by atoms with Gasteiger partial charge in [-0.25, -0.2) is 4.79 Å². The molecule has 1 aliphatic carbocycles. The monoisotopic (exact) mass is 561 g/mol. The number of nitrogens with one attached hydrogen (secondary N) is 1. The van der Waals surface area contributed by atoms with E-state index in [1.807, 2.05) is 36.7 Å². The predicted molar refractivity (Wildman–Crippen MR) is 150 cm³/mol. The van der Waals surface area contributed by atoms with Crippen LogP contribution >= 0.6 is 34.4 Å². The van der Waals surface area contributed by atoms with Gasteiger partial charge in [0.25, 0.3) is 5.91 Å². The van der Waals surface area contributed by atoms with Crippen LogP contribution < -0.4 is 14.9 Å². The van der Waals surface area contributed by atoms with E-state index in [2.05, 4.69) is 17.2 Å². The number of hydrogen-bond donors (Lipinski definition) is 1. The summed E-state index contributed by atoms with van der Waals surface area (Å²) in [6, 6.07) is 5.79. The highest BCUT2D eigenvalue weighted by molar-refractivity contribution is 8.00. The van der Waals surface area contributed by atoms with Crippen LogP contribution in [0.2, 0.25) is 0 Å². The first kappa shape index (κ1) is 27.4. The third-order valence-electron chi connectivity index (χ3n) is 6.02. The number of aromatic nitrogens is 1. The Morgan fingerprint density at radius 2 is 2.00 bits per heavy atom. The largest absolute Gasteiger partial charge is 0.494 e. The molecule has 2 aromatic heterocycles. The highest BCUT2D eigenvalue weighted by Gasteiger charge is 2.29. The second-order valence-corrected chi connectivity index (χ2v) is 11.9. The normalized spacial score (nSPS) is 15.5. The molecule has 37 heavy (non-hydrogen) atoms. The lowest BCUT2D eigenvalue weighted by molar-refractivity contribution is -0.115. The van der Waals surface area contributed by atoms with E-state index in [1.54, 1.807) is 6.92 Å². The van der Waals surface area contributed by atoms with E-state index >= 15 is 0 Å². The van der Waals surface area contributed by atoms with Gasteiger partial charge in [0, 0.05) is 11.9 Å². The van der Waals surface area contributed by atoms with Crippen LogP contribution in [-0.4, -0.2) is 47.1 Å². The summed E-state index contributed by atoms with van der Waals surface area (Å²) in [5.41, 5.74) is 2.46. The van der Waals surface area contributed by atoms with Gasteiger partial charge >= 0.3 is 5.97 Å². The number of carbonyl (C=O) groups is 3. The lowest BCUT2D eigenvalue weighted by atomic mass is 9.88. The Balaban J connectivity index is 1.39. The maximum absolute atomic E-state index is 12.7. The van der Waals surface area contributed by atoms with Crippen molar-refractivity contribution in [1.82, 2.24) is 4.57 Å². The van der Waals surface area contributed by atoms with E-state index < -0.39 is 5.97 Å². The summed E-state index contributed by atoms with van der Waals surface area (Å²) >= 11 is 4.08. The van der Waals surface area contributed by atoms with Crippen LogP contribution in [0.25, 0.3) is 10.2 Å². The van der Waals surface area contributed by atoms with Gasteiger partial charge in [-0.3, -0.25) is 9.59 Å². The Hall–Kier alpha value is -2.63. The first-order chi connectivity index (χ1) is 17.8. The Labute approximate surface area is 228 Å². The van der Waals surface area contributed by atoms with Crippen LogP contribution in [0.15, 0.2) is 23.2 Å². The van der Waals surface area contributed by atoms with Crippen LogP contribution in [0.1, 0.15) is 48.0 Å². The van der Waals surface area contributed by atoms with Gasteiger partial charge in [0.2, 0.25) is 5.91 Å². The number of aryl methyl sites for hydroxylation is 1. The smallest absolute Gasteiger partial charge is 0.341 e. The number of hydrogen-bond acceptors (Lipinski definition) is 8. The fourth-order valence-electron chi connectivity index (χ4n) is 4.27. The zero-order valence-electron chi connectivity index (χ0n) is 21.4. The Bertz CT molecular complexity index is 1390. The Morgan fingerprint density at radius 1 is 1.19 bits per heavy atom. The quantitative estimate of drug-likeness (QED) is 0.377. The number of nitrogens with zero attached hydrogens (tertiary/aromatic N) is 2. The number of esters is 1. The molecular weight excluding hydrogens is 531 g/mol. The van der Waals surface area contributed by atoms with Crippen molar-refractivity contribution < 1.29 is 23.9 Å². The number of benzene rings is 1. The number of amides is 2. The lowest BCUT2D eigenvalue weighted by Crippen LogP contribution is -2.18. The molecule has 0 aliphatic heterocycles. The van der Waals surface area contributed by atoms with Crippen molar-refractivity contribution in [1.29, 1.82) is 0 Å². The topological polar surface area (TPSA) is 99.0 Å². The van der Waals surface area contributed by atoms with Gasteiger partial charge in [-0.1, -0.05) is 18.3 Å². The van der Waals surface area contributed by atoms with Crippen molar-refractivity contribution in [3.8, 4) is 5.75 Å². The van der Waals surface area contributed by atoms with E-state index in [9.17, 15) is 14.4 Å². The molecule has 0 bridgehead atoms. The van der Waals surface area contributed by atoms with Gasteiger partial charge in [0.1, 0.15) is 10.8 Å². The van der Waals surface area contributed by atoms with Crippen LogP contribution in [0.3, 0.4) is 0 Å². The number of fused-ring (bicyclic) bond motifs is 2. The molecule has 2 heterocycles. The highest BCUT2D eigenvalue weighted by Crippen LogP contribution is 2.40. The molecular formula is C26H31N3O5S3. The molecule has 0 radical (unpaired) electrons. The van der Waals surface area contributed by atoms with Gasteiger partial charge in [0.05, 0.1) is 40.5 Å². The number of anilines is 1. The number of thiazole rings is 1. The van der Waals surface area contributed by atoms with Gasteiger partial charge in [-0.05, 0) is 62.8 Å². The molecule has 3 aromatic rings. The first-order valence-corrected chi connectivity index (χ1v) is 15.1. The summed E-state index contributed by atoms with van der Waals surface area (Å²) < 4.78 is 13.7. The summed E-state index contributed by atoms with van der Waals surface area (Å²) in [4.78, 5) is 43.8. The van der Waals surface area contributed by atoms with Crippen LogP contribution in [0.5, 0.6) is 5.75 Å². The van der Waals surface area contributed by atoms with Gasteiger partial charge in [-0.2, -0.15) is 4.99 Å². The lowest BCUT2D eigenvalue weighted by Gasteiger charge is -2.18. The molecule has 1 atom stereocenters. The van der Waals surface area contributed by atoms with E-state index in [4.69, 9.17) is 9.47 Å². The van der Waals surface area contributed by atoms with Crippen molar-refractivity contribution in [3.63, 3.8) is 0 Å². The Morgan fingerprint density at radius 3 is 2.76 bits per heavy atom. The average molecular weight is 562 g/mol. The first-order valence-electron chi connectivity index (χ1n) is 12.3. The van der Waals surface area contributed by atoms with Crippen LogP contribution in [-0.2, 0) is 34.2 Å². The summed E-state index contributed by atoms with van der Waals surface area (Å²) in [6.45, 7) is 6.76. The predicted octanol–water partition coefficient (Wildman–Crippen LogP) is 4.80. The van der Waals surface area contributed by atoms with E-state index in [0.29, 0.717) is 27.9 Å². The zero-order valence-corrected chi connectivity index (χ0v) is 23.9. The average Bonchev–Trinajstić information content (AvgIpc) is 3.35. The third-order valence-corrected chi connectivity index (χ3v) is 9.20. The molecule has 1 N–H and O–H groups in total. The van der Waals surface area contributed by atoms with Crippen molar-refractivity contribution in [2.45, 2.75) is 40.0 Å². The minimum atomic E-state index is -0.393. The number of rotatable bonds is 9. The molecule has 11 heteroatoms. The van der Waals surface area contributed by atoms with E-state index in [1.165, 1.54) is 34.4 Å². The van der Waals surface area contributed by atoms with Gasteiger partial charge < -0.3 is 19.4 Å². The minimum Gasteiger partial charge on any atom is -0.494 e. The minimum absolute atomic E-state index is 0.0784.